The van der Waals surface area contributed by atoms with E-state index in [4.69, 9.17) is 4.74 Å². The van der Waals surface area contributed by atoms with Gasteiger partial charge in [0.25, 0.3) is 5.69 Å². The Morgan fingerprint density at radius 3 is 2.64 bits per heavy atom. The third kappa shape index (κ3) is 4.35. The molecule has 0 aliphatic rings. The minimum absolute atomic E-state index is 0.00794. The van der Waals surface area contributed by atoms with Gasteiger partial charge in [-0.3, -0.25) is 14.9 Å². The van der Waals surface area contributed by atoms with Crippen LogP contribution in [0.25, 0.3) is 0 Å². The molecular weight excluding hydrogens is 360 g/mol. The van der Waals surface area contributed by atoms with Crippen molar-refractivity contribution >= 4 is 11.6 Å². The van der Waals surface area contributed by atoms with E-state index in [1.54, 1.807) is 25.4 Å². The first-order valence-electron chi connectivity index (χ1n) is 8.62. The average Bonchev–Trinajstić information content (AvgIpc) is 3.12. The highest BCUT2D eigenvalue weighted by molar-refractivity contribution is 5.79. The number of methoxy groups -OCH3 is 1. The molecule has 2 aromatic carbocycles. The molecule has 0 saturated heterocycles. The number of rotatable bonds is 7. The molecule has 1 N–H and O–H groups in total. The summed E-state index contributed by atoms with van der Waals surface area (Å²) in [4.78, 5) is 27.3. The van der Waals surface area contributed by atoms with Gasteiger partial charge in [-0.15, -0.1) is 0 Å². The molecule has 0 spiro atoms. The maximum absolute atomic E-state index is 12.7. The summed E-state index contributed by atoms with van der Waals surface area (Å²) in [6.07, 6.45) is 3.58. The minimum Gasteiger partial charge on any atom is -0.497 e. The molecule has 8 heteroatoms. The smallest absolute Gasteiger partial charge is 0.269 e. The first-order valence-corrected chi connectivity index (χ1v) is 8.62. The van der Waals surface area contributed by atoms with E-state index < -0.39 is 11.0 Å². The molecule has 1 heterocycles. The predicted octanol–water partition coefficient (Wildman–Crippen LogP) is 2.79. The zero-order valence-corrected chi connectivity index (χ0v) is 15.5. The number of non-ortho nitro benzene ring substituents is 1. The lowest BCUT2D eigenvalue weighted by Gasteiger charge is -2.20. The van der Waals surface area contributed by atoms with Crippen LogP contribution < -0.4 is 10.1 Å². The molecule has 1 amide bonds. The fourth-order valence-corrected chi connectivity index (χ4v) is 2.91. The first-order chi connectivity index (χ1) is 13.5. The number of amides is 1. The summed E-state index contributed by atoms with van der Waals surface area (Å²) in [5.41, 5.74) is 1.52. The van der Waals surface area contributed by atoms with Crippen LogP contribution in [0.5, 0.6) is 5.75 Å². The Balaban J connectivity index is 1.82. The Kier molecular flexibility index (Phi) is 5.69. The summed E-state index contributed by atoms with van der Waals surface area (Å²) >= 11 is 0. The van der Waals surface area contributed by atoms with Crippen LogP contribution in [0.4, 0.5) is 5.69 Å². The average molecular weight is 380 g/mol. The molecule has 3 aromatic rings. The van der Waals surface area contributed by atoms with Crippen LogP contribution in [0.2, 0.25) is 0 Å². The standard InChI is InChI=1S/C20H20N4O4/c1-23-11-10-21-20(23)19(15-4-3-5-17(13-15)28-2)22-18(25)12-14-6-8-16(9-7-14)24(26)27/h3-11,13,19H,12H2,1-2H3,(H,22,25). The van der Waals surface area contributed by atoms with Crippen molar-refractivity contribution in [3.63, 3.8) is 0 Å². The Labute approximate surface area is 161 Å². The van der Waals surface area contributed by atoms with Crippen LogP contribution in [0, 0.1) is 10.1 Å². The molecule has 3 rings (SSSR count). The van der Waals surface area contributed by atoms with Gasteiger partial charge in [-0.1, -0.05) is 24.3 Å². The van der Waals surface area contributed by atoms with Crippen LogP contribution in [0.15, 0.2) is 60.9 Å². The van der Waals surface area contributed by atoms with Crippen LogP contribution in [-0.4, -0.2) is 27.5 Å². The molecule has 8 nitrogen and oxygen atoms in total. The molecule has 0 fully saturated rings. The Morgan fingerprint density at radius 1 is 1.29 bits per heavy atom. The lowest BCUT2D eigenvalue weighted by atomic mass is 10.0. The Hall–Kier alpha value is -3.68. The van der Waals surface area contributed by atoms with Crippen molar-refractivity contribution in [2.75, 3.05) is 7.11 Å². The second kappa shape index (κ2) is 8.34. The molecule has 28 heavy (non-hydrogen) atoms. The highest BCUT2D eigenvalue weighted by Gasteiger charge is 2.21. The van der Waals surface area contributed by atoms with Crippen LogP contribution in [0.3, 0.4) is 0 Å². The van der Waals surface area contributed by atoms with E-state index in [2.05, 4.69) is 10.3 Å². The zero-order valence-electron chi connectivity index (χ0n) is 15.5. The number of carbonyl (C=O) groups is 1. The summed E-state index contributed by atoms with van der Waals surface area (Å²) < 4.78 is 7.13. The normalized spacial score (nSPS) is 11.6. The predicted molar refractivity (Wildman–Crippen MR) is 103 cm³/mol. The summed E-state index contributed by atoms with van der Waals surface area (Å²) in [7, 11) is 3.44. The van der Waals surface area contributed by atoms with E-state index in [0.717, 1.165) is 5.56 Å². The third-order valence-electron chi connectivity index (χ3n) is 4.36. The quantitative estimate of drug-likeness (QED) is 0.502. The number of ether oxygens (including phenoxy) is 1. The highest BCUT2D eigenvalue weighted by Crippen LogP contribution is 2.24. The maximum Gasteiger partial charge on any atom is 0.269 e. The van der Waals surface area contributed by atoms with E-state index >= 15 is 0 Å². The van der Waals surface area contributed by atoms with Gasteiger partial charge in [0.05, 0.1) is 18.5 Å². The van der Waals surface area contributed by atoms with Crippen molar-refractivity contribution in [1.82, 2.24) is 14.9 Å². The number of hydrogen-bond donors (Lipinski definition) is 1. The Bertz CT molecular complexity index is 982. The Morgan fingerprint density at radius 2 is 2.04 bits per heavy atom. The fraction of sp³-hybridized carbons (Fsp3) is 0.200. The van der Waals surface area contributed by atoms with E-state index in [-0.39, 0.29) is 18.0 Å². The minimum atomic E-state index is -0.469. The van der Waals surface area contributed by atoms with E-state index in [1.807, 2.05) is 42.1 Å². The number of imidazole rings is 1. The first kappa shape index (κ1) is 19.1. The summed E-state index contributed by atoms with van der Waals surface area (Å²) in [5.74, 6) is 1.15. The number of hydrogen-bond acceptors (Lipinski definition) is 5. The molecule has 1 aromatic heterocycles. The molecule has 1 unspecified atom stereocenters. The molecule has 1 atom stereocenters. The van der Waals surface area contributed by atoms with Gasteiger partial charge in [0.2, 0.25) is 5.91 Å². The number of carbonyl (C=O) groups excluding carboxylic acids is 1. The van der Waals surface area contributed by atoms with Crippen LogP contribution in [0.1, 0.15) is 23.0 Å². The zero-order chi connectivity index (χ0) is 20.1. The lowest BCUT2D eigenvalue weighted by molar-refractivity contribution is -0.384. The van der Waals surface area contributed by atoms with E-state index in [0.29, 0.717) is 17.1 Å². The van der Waals surface area contributed by atoms with Gasteiger partial charge in [0.1, 0.15) is 17.6 Å². The monoisotopic (exact) mass is 380 g/mol. The number of nitrogens with one attached hydrogen (secondary N) is 1. The fourth-order valence-electron chi connectivity index (χ4n) is 2.91. The number of nitrogens with zero attached hydrogens (tertiary/aromatic N) is 3. The number of aryl methyl sites for hydroxylation is 1. The van der Waals surface area contributed by atoms with Gasteiger partial charge in [-0.2, -0.15) is 0 Å². The largest absolute Gasteiger partial charge is 0.497 e. The summed E-state index contributed by atoms with van der Waals surface area (Å²) in [6, 6.07) is 12.9. The van der Waals surface area contributed by atoms with Gasteiger partial charge >= 0.3 is 0 Å². The van der Waals surface area contributed by atoms with Crippen molar-refractivity contribution in [2.24, 2.45) is 7.05 Å². The molecule has 0 bridgehead atoms. The number of aromatic nitrogens is 2. The van der Waals surface area contributed by atoms with Crippen molar-refractivity contribution in [2.45, 2.75) is 12.5 Å². The van der Waals surface area contributed by atoms with E-state index in [1.165, 1.54) is 12.1 Å². The number of benzene rings is 2. The van der Waals surface area contributed by atoms with Crippen molar-refractivity contribution in [1.29, 1.82) is 0 Å². The molecule has 0 saturated carbocycles. The van der Waals surface area contributed by atoms with Gasteiger partial charge in [-0.25, -0.2) is 4.98 Å². The second-order valence-electron chi connectivity index (χ2n) is 6.27. The third-order valence-corrected chi connectivity index (χ3v) is 4.36. The number of nitro benzene ring substituents is 1. The highest BCUT2D eigenvalue weighted by atomic mass is 16.6. The molecule has 144 valence electrons. The summed E-state index contributed by atoms with van der Waals surface area (Å²) in [6.45, 7) is 0. The lowest BCUT2D eigenvalue weighted by Crippen LogP contribution is -2.32. The topological polar surface area (TPSA) is 99.3 Å². The van der Waals surface area contributed by atoms with Gasteiger partial charge < -0.3 is 14.6 Å². The van der Waals surface area contributed by atoms with Crippen molar-refractivity contribution in [3.8, 4) is 5.75 Å². The maximum atomic E-state index is 12.7. The molecule has 0 radical (unpaired) electrons. The van der Waals surface area contributed by atoms with Gasteiger partial charge in [0.15, 0.2) is 0 Å². The second-order valence-corrected chi connectivity index (χ2v) is 6.27. The SMILES string of the molecule is COc1cccc(C(NC(=O)Cc2ccc([N+](=O)[O-])cc2)c2nccn2C)c1. The van der Waals surface area contributed by atoms with Gasteiger partial charge in [0, 0.05) is 31.6 Å². The van der Waals surface area contributed by atoms with Crippen molar-refractivity contribution in [3.05, 3.63) is 88.0 Å². The molecular formula is C20H20N4O4. The van der Waals surface area contributed by atoms with Crippen molar-refractivity contribution < 1.29 is 14.5 Å². The summed E-state index contributed by atoms with van der Waals surface area (Å²) in [5, 5.41) is 13.8. The van der Waals surface area contributed by atoms with Crippen LogP contribution in [-0.2, 0) is 18.3 Å². The molecule has 0 aliphatic heterocycles. The van der Waals surface area contributed by atoms with E-state index in [9.17, 15) is 14.9 Å². The molecule has 0 aliphatic carbocycles. The van der Waals surface area contributed by atoms with Gasteiger partial charge in [-0.05, 0) is 23.3 Å². The number of nitro groups is 1. The van der Waals surface area contributed by atoms with Crippen LogP contribution >= 0.6 is 0 Å².